The molecule has 1 aliphatic rings. The summed E-state index contributed by atoms with van der Waals surface area (Å²) in [5.41, 5.74) is 1.47. The van der Waals surface area contributed by atoms with Crippen molar-refractivity contribution >= 4 is 16.8 Å². The minimum atomic E-state index is -0.00843. The molecular weight excluding hydrogens is 312 g/mol. The summed E-state index contributed by atoms with van der Waals surface area (Å²) in [6.45, 7) is 11.7. The van der Waals surface area contributed by atoms with Gasteiger partial charge in [0.15, 0.2) is 0 Å². The maximum Gasteiger partial charge on any atom is 0.253 e. The quantitative estimate of drug-likeness (QED) is 0.905. The first-order valence-corrected chi connectivity index (χ1v) is 9.46. The number of rotatable bonds is 5. The van der Waals surface area contributed by atoms with Crippen molar-refractivity contribution in [3.63, 3.8) is 0 Å². The molecule has 1 aromatic carbocycles. The van der Waals surface area contributed by atoms with Gasteiger partial charge in [-0.25, -0.2) is 0 Å². The second-order valence-electron chi connectivity index (χ2n) is 7.73. The van der Waals surface area contributed by atoms with Crippen LogP contribution in [0.3, 0.4) is 0 Å². The van der Waals surface area contributed by atoms with Crippen molar-refractivity contribution in [1.82, 2.24) is 20.0 Å². The molecule has 0 atom stereocenters. The molecule has 5 heteroatoms. The Bertz CT molecular complexity index is 726. The zero-order valence-electron chi connectivity index (χ0n) is 15.8. The molecule has 0 bridgehead atoms. The van der Waals surface area contributed by atoms with Crippen molar-refractivity contribution < 1.29 is 4.79 Å². The molecule has 1 N–H and O–H groups in total. The summed E-state index contributed by atoms with van der Waals surface area (Å²) in [6, 6.07) is 6.72. The van der Waals surface area contributed by atoms with Gasteiger partial charge in [0.1, 0.15) is 5.52 Å². The van der Waals surface area contributed by atoms with Crippen LogP contribution in [0.2, 0.25) is 0 Å². The van der Waals surface area contributed by atoms with E-state index >= 15 is 0 Å². The van der Waals surface area contributed by atoms with Crippen molar-refractivity contribution in [1.29, 1.82) is 0 Å². The summed E-state index contributed by atoms with van der Waals surface area (Å²) in [6.07, 6.45) is 4.33. The second-order valence-corrected chi connectivity index (χ2v) is 7.73. The van der Waals surface area contributed by atoms with E-state index < -0.39 is 0 Å². The van der Waals surface area contributed by atoms with E-state index in [0.717, 1.165) is 43.4 Å². The lowest BCUT2D eigenvalue weighted by Gasteiger charge is -2.34. The van der Waals surface area contributed by atoms with E-state index in [1.54, 1.807) is 0 Å². The number of piperidine rings is 1. The van der Waals surface area contributed by atoms with E-state index in [-0.39, 0.29) is 11.9 Å². The lowest BCUT2D eigenvalue weighted by Crippen LogP contribution is -2.41. The fraction of sp³-hybridized carbons (Fsp3) is 0.600. The van der Waals surface area contributed by atoms with Gasteiger partial charge >= 0.3 is 0 Å². The Morgan fingerprint density at radius 1 is 1.20 bits per heavy atom. The minimum Gasteiger partial charge on any atom is -0.352 e. The first kappa shape index (κ1) is 17.9. The second kappa shape index (κ2) is 7.56. The summed E-state index contributed by atoms with van der Waals surface area (Å²) >= 11 is 0. The number of fused-ring (bicyclic) bond motifs is 1. The first-order valence-electron chi connectivity index (χ1n) is 9.46. The van der Waals surface area contributed by atoms with Crippen LogP contribution in [0.15, 0.2) is 24.4 Å². The highest BCUT2D eigenvalue weighted by Gasteiger charge is 2.22. The third-order valence-corrected chi connectivity index (χ3v) is 5.26. The average Bonchev–Trinajstić information content (AvgIpc) is 3.04. The molecule has 136 valence electrons. The van der Waals surface area contributed by atoms with E-state index in [9.17, 15) is 4.79 Å². The molecule has 0 saturated carbocycles. The predicted molar refractivity (Wildman–Crippen MR) is 102 cm³/mol. The number of carbonyl (C=O) groups excluding carboxylic acids is 1. The number of nitrogens with zero attached hydrogens (tertiary/aromatic N) is 3. The minimum absolute atomic E-state index is 0.00843. The number of likely N-dealkylation sites (tertiary alicyclic amines) is 1. The Labute approximate surface area is 150 Å². The maximum atomic E-state index is 12.7. The molecule has 0 unspecified atom stereocenters. The van der Waals surface area contributed by atoms with Gasteiger partial charge in [0.2, 0.25) is 0 Å². The van der Waals surface area contributed by atoms with Crippen LogP contribution in [0, 0.1) is 5.92 Å². The number of amides is 1. The Kier molecular flexibility index (Phi) is 5.42. The highest BCUT2D eigenvalue weighted by molar-refractivity contribution is 6.05. The standard InChI is InChI=1S/C20H30N4O/c1-14(2)23-10-8-16(9-11-23)12-21-20(25)18-7-5-6-17-13-24(15(3)4)22-19(17)18/h5-7,13-16H,8-12H2,1-4H3,(H,21,25). The highest BCUT2D eigenvalue weighted by Crippen LogP contribution is 2.21. The first-order chi connectivity index (χ1) is 12.0. The Hall–Kier alpha value is -1.88. The molecular formula is C20H30N4O. The molecule has 5 nitrogen and oxygen atoms in total. The number of carbonyl (C=O) groups is 1. The van der Waals surface area contributed by atoms with Crippen molar-refractivity contribution in [3.8, 4) is 0 Å². The third-order valence-electron chi connectivity index (χ3n) is 5.26. The number of hydrogen-bond donors (Lipinski definition) is 1. The average molecular weight is 342 g/mol. The third kappa shape index (κ3) is 4.03. The number of aromatic nitrogens is 2. The van der Waals surface area contributed by atoms with E-state index in [4.69, 9.17) is 0 Å². The fourth-order valence-corrected chi connectivity index (χ4v) is 3.52. The number of hydrogen-bond acceptors (Lipinski definition) is 3. The van der Waals surface area contributed by atoms with E-state index in [0.29, 0.717) is 17.5 Å². The molecule has 1 saturated heterocycles. The van der Waals surface area contributed by atoms with E-state index in [1.165, 1.54) is 0 Å². The van der Waals surface area contributed by atoms with Crippen LogP contribution in [-0.4, -0.2) is 46.3 Å². The van der Waals surface area contributed by atoms with Gasteiger partial charge < -0.3 is 10.2 Å². The summed E-state index contributed by atoms with van der Waals surface area (Å²) in [5.74, 6) is 0.567. The largest absolute Gasteiger partial charge is 0.352 e. The van der Waals surface area contributed by atoms with Crippen molar-refractivity contribution in [3.05, 3.63) is 30.0 Å². The van der Waals surface area contributed by atoms with Crippen LogP contribution in [0.4, 0.5) is 0 Å². The summed E-state index contributed by atoms with van der Waals surface area (Å²) in [4.78, 5) is 15.2. The topological polar surface area (TPSA) is 50.2 Å². The molecule has 1 aliphatic heterocycles. The molecule has 2 heterocycles. The molecule has 0 aliphatic carbocycles. The zero-order chi connectivity index (χ0) is 18.0. The van der Waals surface area contributed by atoms with Gasteiger partial charge in [-0.05, 0) is 65.6 Å². The zero-order valence-corrected chi connectivity index (χ0v) is 15.8. The summed E-state index contributed by atoms with van der Waals surface area (Å²) in [5, 5.41) is 8.76. The van der Waals surface area contributed by atoms with Gasteiger partial charge in [-0.2, -0.15) is 5.10 Å². The van der Waals surface area contributed by atoms with E-state index in [1.807, 2.05) is 29.1 Å². The van der Waals surface area contributed by atoms with Crippen LogP contribution in [-0.2, 0) is 0 Å². The van der Waals surface area contributed by atoms with E-state index in [2.05, 4.69) is 43.0 Å². The molecule has 25 heavy (non-hydrogen) atoms. The highest BCUT2D eigenvalue weighted by atomic mass is 16.1. The van der Waals surface area contributed by atoms with Crippen molar-refractivity contribution in [2.45, 2.75) is 52.6 Å². The SMILES string of the molecule is CC(C)N1CCC(CNC(=O)c2cccc3cn(C(C)C)nc23)CC1. The van der Waals surface area contributed by atoms with Gasteiger partial charge in [0.05, 0.1) is 5.56 Å². The van der Waals surface area contributed by atoms with Crippen LogP contribution < -0.4 is 5.32 Å². The predicted octanol–water partition coefficient (Wildman–Crippen LogP) is 3.47. The summed E-state index contributed by atoms with van der Waals surface area (Å²) in [7, 11) is 0. The van der Waals surface area contributed by atoms with Gasteiger partial charge in [0, 0.05) is 30.2 Å². The van der Waals surface area contributed by atoms with Crippen LogP contribution >= 0.6 is 0 Å². The molecule has 1 fully saturated rings. The molecule has 0 radical (unpaired) electrons. The van der Waals surface area contributed by atoms with Crippen LogP contribution in [0.25, 0.3) is 10.9 Å². The molecule has 1 amide bonds. The Morgan fingerprint density at radius 2 is 1.92 bits per heavy atom. The van der Waals surface area contributed by atoms with Gasteiger partial charge in [-0.15, -0.1) is 0 Å². The van der Waals surface area contributed by atoms with Crippen LogP contribution in [0.1, 0.15) is 56.9 Å². The monoisotopic (exact) mass is 342 g/mol. The van der Waals surface area contributed by atoms with Gasteiger partial charge in [0.25, 0.3) is 5.91 Å². The smallest absolute Gasteiger partial charge is 0.253 e. The Morgan fingerprint density at radius 3 is 2.56 bits per heavy atom. The van der Waals surface area contributed by atoms with Crippen molar-refractivity contribution in [2.24, 2.45) is 5.92 Å². The molecule has 0 spiro atoms. The number of nitrogens with one attached hydrogen (secondary N) is 1. The number of benzene rings is 1. The maximum absolute atomic E-state index is 12.7. The molecule has 3 rings (SSSR count). The Balaban J connectivity index is 1.63. The van der Waals surface area contributed by atoms with Gasteiger partial charge in [-0.3, -0.25) is 9.48 Å². The van der Waals surface area contributed by atoms with Gasteiger partial charge in [-0.1, -0.05) is 12.1 Å². The normalized spacial score (nSPS) is 16.9. The fourth-order valence-electron chi connectivity index (χ4n) is 3.52. The summed E-state index contributed by atoms with van der Waals surface area (Å²) < 4.78 is 1.92. The van der Waals surface area contributed by atoms with Crippen molar-refractivity contribution in [2.75, 3.05) is 19.6 Å². The lowest BCUT2D eigenvalue weighted by atomic mass is 9.96. The molecule has 1 aromatic heterocycles. The molecule has 2 aromatic rings. The lowest BCUT2D eigenvalue weighted by molar-refractivity contribution is 0.0931. The van der Waals surface area contributed by atoms with Crippen LogP contribution in [0.5, 0.6) is 0 Å².